The summed E-state index contributed by atoms with van der Waals surface area (Å²) in [4.78, 5) is 11.5. The summed E-state index contributed by atoms with van der Waals surface area (Å²) >= 11 is 0. The number of nitrogens with zero attached hydrogens (tertiary/aromatic N) is 3. The fraction of sp³-hybridized carbons (Fsp3) is 0. The van der Waals surface area contributed by atoms with Gasteiger partial charge in [0.15, 0.2) is 0 Å². The van der Waals surface area contributed by atoms with Gasteiger partial charge >= 0.3 is 18.0 Å². The second-order valence-electron chi connectivity index (χ2n) is 2.87. The summed E-state index contributed by atoms with van der Waals surface area (Å²) in [5, 5.41) is 2.96. The number of para-hydroxylation sites is 1. The molecule has 84 valence electrons. The van der Waals surface area contributed by atoms with Crippen LogP contribution >= 0.6 is 0 Å². The van der Waals surface area contributed by atoms with Gasteiger partial charge in [0.1, 0.15) is 0 Å². The second kappa shape index (κ2) is 5.32. The van der Waals surface area contributed by atoms with E-state index >= 15 is 0 Å². The van der Waals surface area contributed by atoms with Gasteiger partial charge in [-0.25, -0.2) is 0 Å². The molecule has 0 saturated heterocycles. The van der Waals surface area contributed by atoms with Gasteiger partial charge in [0, 0.05) is 5.69 Å². The van der Waals surface area contributed by atoms with Crippen LogP contribution in [0.25, 0.3) is 0 Å². The number of hydrogen-bond donors (Lipinski definition) is 3. The Morgan fingerprint density at radius 1 is 0.875 bits per heavy atom. The molecule has 6 nitrogen and oxygen atoms in total. The molecule has 1 atom stereocenters. The summed E-state index contributed by atoms with van der Waals surface area (Å²) in [6.07, 6.45) is 0. The molecule has 0 fully saturated rings. The van der Waals surface area contributed by atoms with E-state index in [1.807, 2.05) is 30.3 Å². The summed E-state index contributed by atoms with van der Waals surface area (Å²) in [7, 11) is 0. The van der Waals surface area contributed by atoms with Gasteiger partial charge in [-0.05, 0) is 12.1 Å². The number of rotatable bonds is 2. The molecule has 1 unspecified atom stereocenters. The van der Waals surface area contributed by atoms with Crippen molar-refractivity contribution in [1.29, 1.82) is 0 Å². The predicted molar refractivity (Wildman–Crippen MR) is 68.3 cm³/mol. The fourth-order valence-corrected chi connectivity index (χ4v) is 1.12. The average molecular weight is 280 g/mol. The molecule has 0 aliphatic carbocycles. The van der Waals surface area contributed by atoms with E-state index in [0.29, 0.717) is 5.95 Å². The normalized spacial score (nSPS) is 9.25. The third-order valence-corrected chi connectivity index (χ3v) is 1.70. The number of hydrogen-bond acceptors (Lipinski definition) is 6. The van der Waals surface area contributed by atoms with Crippen LogP contribution in [0.5, 0.6) is 0 Å². The number of nitrogens with one attached hydrogen (secondary N) is 1. The minimum absolute atomic E-state index is 0. The summed E-state index contributed by atoms with van der Waals surface area (Å²) in [6.45, 7) is 0. The van der Waals surface area contributed by atoms with Gasteiger partial charge in [0.25, 0.3) is 0 Å². The molecule has 5 N–H and O–H groups in total. The third-order valence-electron chi connectivity index (χ3n) is 1.70. The molecule has 0 aliphatic rings. The Morgan fingerprint density at radius 2 is 1.44 bits per heavy atom. The number of benzene rings is 1. The molecule has 0 aliphatic heterocycles. The van der Waals surface area contributed by atoms with E-state index in [2.05, 4.69) is 20.3 Å². The summed E-state index contributed by atoms with van der Waals surface area (Å²) < 4.78 is 0. The molecule has 2 rings (SSSR count). The zero-order valence-corrected chi connectivity index (χ0v) is 11.6. The maximum atomic E-state index is 5.43. The minimum atomic E-state index is 0. The van der Waals surface area contributed by atoms with Crippen LogP contribution in [0.2, 0.25) is 0 Å². The molecule has 2 aromatic rings. The van der Waals surface area contributed by atoms with E-state index in [1.54, 1.807) is 0 Å². The first-order valence-corrected chi connectivity index (χ1v) is 4.33. The Bertz CT molecular complexity index is 441. The molecule has 0 spiro atoms. The van der Waals surface area contributed by atoms with Gasteiger partial charge in [-0.15, -0.1) is 0 Å². The average Bonchev–Trinajstić information content (AvgIpc) is 2.17. The van der Waals surface area contributed by atoms with Crippen LogP contribution in [0.1, 0.15) is 0 Å². The van der Waals surface area contributed by atoms with E-state index in [9.17, 15) is 0 Å². The van der Waals surface area contributed by atoms with E-state index in [-0.39, 0.29) is 29.9 Å². The van der Waals surface area contributed by atoms with Gasteiger partial charge in [0.2, 0.25) is 17.8 Å². The van der Waals surface area contributed by atoms with Gasteiger partial charge in [0.05, 0.1) is 0 Å². The molecule has 1 aromatic carbocycles. The number of nitrogens with two attached hydrogens (primary N) is 2. The van der Waals surface area contributed by atoms with Crippen LogP contribution in [-0.2, 0) is 0 Å². The predicted octanol–water partition coefficient (Wildman–Crippen LogP) is -0.404. The van der Waals surface area contributed by atoms with Gasteiger partial charge in [-0.3, -0.25) is 0 Å². The van der Waals surface area contributed by atoms with Crippen molar-refractivity contribution in [2.24, 2.45) is 0 Å². The summed E-state index contributed by atoms with van der Waals surface area (Å²) in [6, 6.07) is 9.49. The Balaban J connectivity index is 0.00000128. The maximum absolute atomic E-state index is 5.43. The molecule has 0 saturated carbocycles. The second-order valence-corrected chi connectivity index (χ2v) is 2.87. The topological polar surface area (TPSA) is 103 Å². The van der Waals surface area contributed by atoms with Crippen molar-refractivity contribution in [3.05, 3.63) is 30.3 Å². The monoisotopic (exact) mass is 280 g/mol. The molecular formula is C9H13AsN6. The Kier molecular flexibility index (Phi) is 4.08. The first-order valence-electron chi connectivity index (χ1n) is 4.33. The van der Waals surface area contributed by atoms with Gasteiger partial charge in [-0.1, -0.05) is 18.2 Å². The molecule has 1 heterocycles. The standard InChI is InChI=1S/C9H10N6.AsH3/c10-7-13-8(11)15-9(14-7)12-6-4-2-1-3-5-6;/h1-5H,(H5,10,11,12,13,14,15);1H3. The zero-order valence-electron chi connectivity index (χ0n) is 8.59. The number of nitrogen functional groups attached to an aromatic ring is 2. The molecule has 0 amide bonds. The van der Waals surface area contributed by atoms with Crippen LogP contribution in [0, 0.1) is 0 Å². The van der Waals surface area contributed by atoms with Crippen LogP contribution in [0.4, 0.5) is 23.5 Å². The SMILES string of the molecule is Nc1nc(N)nc(Nc2ccccc2)n1.[AsH3]. The van der Waals surface area contributed by atoms with Gasteiger partial charge < -0.3 is 16.8 Å². The van der Waals surface area contributed by atoms with Crippen molar-refractivity contribution in [3.63, 3.8) is 0 Å². The van der Waals surface area contributed by atoms with Gasteiger partial charge in [-0.2, -0.15) is 15.0 Å². The Labute approximate surface area is 104 Å². The van der Waals surface area contributed by atoms with Crippen molar-refractivity contribution < 1.29 is 0 Å². The molecule has 0 radical (unpaired) electrons. The quantitative estimate of drug-likeness (QED) is 0.647. The van der Waals surface area contributed by atoms with Crippen molar-refractivity contribution in [3.8, 4) is 0 Å². The Morgan fingerprint density at radius 3 is 2.00 bits per heavy atom. The first kappa shape index (κ1) is 12.3. The molecule has 7 heteroatoms. The Hall–Kier alpha value is -1.81. The van der Waals surface area contributed by atoms with Crippen LogP contribution < -0.4 is 16.8 Å². The van der Waals surface area contributed by atoms with E-state index in [1.165, 1.54) is 0 Å². The van der Waals surface area contributed by atoms with Crippen molar-refractivity contribution in [2.75, 3.05) is 16.8 Å². The number of aromatic nitrogens is 3. The molecule has 16 heavy (non-hydrogen) atoms. The summed E-state index contributed by atoms with van der Waals surface area (Å²) in [5.74, 6) is 0.535. The number of anilines is 4. The van der Waals surface area contributed by atoms with E-state index in [0.717, 1.165) is 5.69 Å². The molecule has 0 bridgehead atoms. The molecular weight excluding hydrogens is 267 g/mol. The van der Waals surface area contributed by atoms with E-state index < -0.39 is 0 Å². The van der Waals surface area contributed by atoms with Crippen LogP contribution in [0.15, 0.2) is 30.3 Å². The van der Waals surface area contributed by atoms with Crippen molar-refractivity contribution in [2.45, 2.75) is 0 Å². The first-order chi connectivity index (χ1) is 7.24. The molecule has 1 aromatic heterocycles. The zero-order chi connectivity index (χ0) is 10.7. The van der Waals surface area contributed by atoms with Crippen molar-refractivity contribution >= 4 is 41.5 Å². The summed E-state index contributed by atoms with van der Waals surface area (Å²) in [5.41, 5.74) is 11.7. The van der Waals surface area contributed by atoms with E-state index in [4.69, 9.17) is 11.5 Å². The fourth-order valence-electron chi connectivity index (χ4n) is 1.12. The van der Waals surface area contributed by atoms with Crippen LogP contribution in [-0.4, -0.2) is 32.9 Å². The van der Waals surface area contributed by atoms with Crippen molar-refractivity contribution in [1.82, 2.24) is 15.0 Å². The third kappa shape index (κ3) is 3.10. The van der Waals surface area contributed by atoms with Crippen LogP contribution in [0.3, 0.4) is 0 Å².